The molecule has 0 unspecified atom stereocenters. The Hall–Kier alpha value is -1.87. The Morgan fingerprint density at radius 1 is 1.10 bits per heavy atom. The molecule has 0 aliphatic heterocycles. The van der Waals surface area contributed by atoms with Crippen molar-refractivity contribution in [3.05, 3.63) is 59.8 Å². The average molecular weight is 269 g/mol. The fourth-order valence-electron chi connectivity index (χ4n) is 2.18. The molecule has 3 heteroatoms. The van der Waals surface area contributed by atoms with Crippen LogP contribution in [0.4, 0.5) is 5.82 Å². The molecule has 106 valence electrons. The second kappa shape index (κ2) is 6.53. The molecular formula is C17H23N3. The van der Waals surface area contributed by atoms with E-state index in [1.54, 1.807) is 0 Å². The van der Waals surface area contributed by atoms with Crippen molar-refractivity contribution >= 4 is 5.82 Å². The number of hydrogen-bond acceptors (Lipinski definition) is 3. The van der Waals surface area contributed by atoms with Crippen molar-refractivity contribution < 1.29 is 0 Å². The molecule has 3 nitrogen and oxygen atoms in total. The van der Waals surface area contributed by atoms with Crippen LogP contribution >= 0.6 is 0 Å². The van der Waals surface area contributed by atoms with Crippen LogP contribution in [0, 0.1) is 0 Å². The van der Waals surface area contributed by atoms with Gasteiger partial charge in [0, 0.05) is 24.8 Å². The first-order chi connectivity index (χ1) is 9.58. The van der Waals surface area contributed by atoms with Crippen molar-refractivity contribution in [1.29, 1.82) is 0 Å². The van der Waals surface area contributed by atoms with Crippen LogP contribution in [0.25, 0.3) is 0 Å². The summed E-state index contributed by atoms with van der Waals surface area (Å²) in [5, 5.41) is 0. The van der Waals surface area contributed by atoms with Crippen molar-refractivity contribution in [2.24, 2.45) is 5.73 Å². The summed E-state index contributed by atoms with van der Waals surface area (Å²) in [4.78, 5) is 6.80. The molecular weight excluding hydrogens is 246 g/mol. The summed E-state index contributed by atoms with van der Waals surface area (Å²) in [6, 6.07) is 14.9. The Morgan fingerprint density at radius 2 is 1.80 bits per heavy atom. The monoisotopic (exact) mass is 269 g/mol. The third kappa shape index (κ3) is 3.58. The van der Waals surface area contributed by atoms with Gasteiger partial charge in [-0.05, 0) is 44.0 Å². The summed E-state index contributed by atoms with van der Waals surface area (Å²) in [5.41, 5.74) is 8.37. The summed E-state index contributed by atoms with van der Waals surface area (Å²) >= 11 is 0. The Balaban J connectivity index is 2.27. The summed E-state index contributed by atoms with van der Waals surface area (Å²) in [7, 11) is 0. The number of nitrogens with two attached hydrogens (primary N) is 1. The SMILES string of the molecule is CC(C)N(Cc1ccccc1)c1cc([C@@H](C)N)ccn1. The van der Waals surface area contributed by atoms with Gasteiger partial charge in [0.15, 0.2) is 0 Å². The van der Waals surface area contributed by atoms with Crippen molar-refractivity contribution in [2.45, 2.75) is 39.4 Å². The minimum atomic E-state index is 0.0301. The molecule has 2 rings (SSSR count). The molecule has 0 spiro atoms. The Bertz CT molecular complexity index is 535. The lowest BCUT2D eigenvalue weighted by Gasteiger charge is -2.28. The predicted molar refractivity (Wildman–Crippen MR) is 84.6 cm³/mol. The first-order valence-electron chi connectivity index (χ1n) is 7.10. The minimum absolute atomic E-state index is 0.0301. The van der Waals surface area contributed by atoms with Crippen molar-refractivity contribution in [3.8, 4) is 0 Å². The largest absolute Gasteiger partial charge is 0.350 e. The highest BCUT2D eigenvalue weighted by Crippen LogP contribution is 2.21. The molecule has 2 aromatic rings. The van der Waals surface area contributed by atoms with Crippen LogP contribution in [0.3, 0.4) is 0 Å². The molecule has 0 fully saturated rings. The topological polar surface area (TPSA) is 42.1 Å². The van der Waals surface area contributed by atoms with Gasteiger partial charge in [0.1, 0.15) is 5.82 Å². The van der Waals surface area contributed by atoms with Crippen LogP contribution in [0.15, 0.2) is 48.7 Å². The maximum absolute atomic E-state index is 5.97. The van der Waals surface area contributed by atoms with Gasteiger partial charge in [0.05, 0.1) is 0 Å². The van der Waals surface area contributed by atoms with Crippen LogP contribution < -0.4 is 10.6 Å². The van der Waals surface area contributed by atoms with Crippen LogP contribution in [-0.4, -0.2) is 11.0 Å². The smallest absolute Gasteiger partial charge is 0.129 e. The predicted octanol–water partition coefficient (Wildman–Crippen LogP) is 3.52. The number of nitrogens with zero attached hydrogens (tertiary/aromatic N) is 2. The third-order valence-corrected chi connectivity index (χ3v) is 3.41. The molecule has 0 radical (unpaired) electrons. The fraction of sp³-hybridized carbons (Fsp3) is 0.353. The standard InChI is InChI=1S/C17H23N3/c1-13(2)20(12-15-7-5-4-6-8-15)17-11-16(14(3)18)9-10-19-17/h4-11,13-14H,12,18H2,1-3H3/t14-/m1/s1. The maximum Gasteiger partial charge on any atom is 0.129 e. The molecule has 2 N–H and O–H groups in total. The lowest BCUT2D eigenvalue weighted by molar-refractivity contribution is 0.670. The number of benzene rings is 1. The Morgan fingerprint density at radius 3 is 2.40 bits per heavy atom. The fourth-order valence-corrected chi connectivity index (χ4v) is 2.18. The zero-order valence-corrected chi connectivity index (χ0v) is 12.5. The van der Waals surface area contributed by atoms with Gasteiger partial charge in [-0.2, -0.15) is 0 Å². The van der Waals surface area contributed by atoms with Gasteiger partial charge in [0.2, 0.25) is 0 Å². The highest BCUT2D eigenvalue weighted by Gasteiger charge is 2.13. The molecule has 0 bridgehead atoms. The van der Waals surface area contributed by atoms with Crippen LogP contribution in [0.5, 0.6) is 0 Å². The number of anilines is 1. The summed E-state index contributed by atoms with van der Waals surface area (Å²) in [5.74, 6) is 0.985. The molecule has 0 aliphatic rings. The van der Waals surface area contributed by atoms with E-state index in [9.17, 15) is 0 Å². The van der Waals surface area contributed by atoms with E-state index in [2.05, 4.69) is 54.1 Å². The summed E-state index contributed by atoms with van der Waals surface area (Å²) in [6.07, 6.45) is 1.84. The van der Waals surface area contributed by atoms with E-state index in [-0.39, 0.29) is 6.04 Å². The van der Waals surface area contributed by atoms with Gasteiger partial charge < -0.3 is 10.6 Å². The molecule has 0 saturated heterocycles. The van der Waals surface area contributed by atoms with E-state index in [0.29, 0.717) is 6.04 Å². The second-order valence-electron chi connectivity index (χ2n) is 5.44. The third-order valence-electron chi connectivity index (χ3n) is 3.41. The normalized spacial score (nSPS) is 12.4. The van der Waals surface area contributed by atoms with Crippen LogP contribution in [-0.2, 0) is 6.54 Å². The van der Waals surface area contributed by atoms with Gasteiger partial charge in [0.25, 0.3) is 0 Å². The van der Waals surface area contributed by atoms with E-state index in [0.717, 1.165) is 17.9 Å². The van der Waals surface area contributed by atoms with Gasteiger partial charge in [-0.25, -0.2) is 4.98 Å². The minimum Gasteiger partial charge on any atom is -0.350 e. The molecule has 0 amide bonds. The van der Waals surface area contributed by atoms with E-state index < -0.39 is 0 Å². The highest BCUT2D eigenvalue weighted by atomic mass is 15.2. The van der Waals surface area contributed by atoms with Crippen LogP contribution in [0.2, 0.25) is 0 Å². The molecule has 1 aromatic heterocycles. The first kappa shape index (κ1) is 14.5. The van der Waals surface area contributed by atoms with Crippen molar-refractivity contribution in [3.63, 3.8) is 0 Å². The molecule has 1 heterocycles. The second-order valence-corrected chi connectivity index (χ2v) is 5.44. The summed E-state index contributed by atoms with van der Waals surface area (Å²) in [6.45, 7) is 7.22. The molecule has 1 atom stereocenters. The van der Waals surface area contributed by atoms with Gasteiger partial charge >= 0.3 is 0 Å². The van der Waals surface area contributed by atoms with Crippen LogP contribution in [0.1, 0.15) is 37.9 Å². The Kier molecular flexibility index (Phi) is 4.74. The lowest BCUT2D eigenvalue weighted by Crippen LogP contribution is -2.31. The van der Waals surface area contributed by atoms with Gasteiger partial charge in [-0.15, -0.1) is 0 Å². The molecule has 0 aliphatic carbocycles. The zero-order chi connectivity index (χ0) is 14.5. The first-order valence-corrected chi connectivity index (χ1v) is 7.10. The number of aromatic nitrogens is 1. The number of pyridine rings is 1. The molecule has 20 heavy (non-hydrogen) atoms. The zero-order valence-electron chi connectivity index (χ0n) is 12.5. The highest BCUT2D eigenvalue weighted by molar-refractivity contribution is 5.43. The number of rotatable bonds is 5. The summed E-state index contributed by atoms with van der Waals surface area (Å²) < 4.78 is 0. The van der Waals surface area contributed by atoms with Crippen molar-refractivity contribution in [2.75, 3.05) is 4.90 Å². The quantitative estimate of drug-likeness (QED) is 0.903. The number of hydrogen-bond donors (Lipinski definition) is 1. The lowest BCUT2D eigenvalue weighted by atomic mass is 10.1. The van der Waals surface area contributed by atoms with E-state index in [1.165, 1.54) is 5.56 Å². The maximum atomic E-state index is 5.97. The average Bonchev–Trinajstić information content (AvgIpc) is 2.45. The Labute approximate surface area is 121 Å². The van der Waals surface area contributed by atoms with E-state index >= 15 is 0 Å². The van der Waals surface area contributed by atoms with E-state index in [4.69, 9.17) is 5.73 Å². The molecule has 1 aromatic carbocycles. The van der Waals surface area contributed by atoms with E-state index in [1.807, 2.05) is 25.3 Å². The van der Waals surface area contributed by atoms with Gasteiger partial charge in [-0.3, -0.25) is 0 Å². The van der Waals surface area contributed by atoms with Gasteiger partial charge in [-0.1, -0.05) is 30.3 Å². The molecule has 0 saturated carbocycles. The van der Waals surface area contributed by atoms with Crippen molar-refractivity contribution in [1.82, 2.24) is 4.98 Å².